The Hall–Kier alpha value is -2.07. The summed E-state index contributed by atoms with van der Waals surface area (Å²) in [5, 5.41) is 0. The van der Waals surface area contributed by atoms with Crippen LogP contribution in [0, 0.1) is 0 Å². The summed E-state index contributed by atoms with van der Waals surface area (Å²) < 4.78 is 10.3. The van der Waals surface area contributed by atoms with Crippen LogP contribution in [-0.4, -0.2) is 24.0 Å². The number of furan rings is 1. The lowest BCUT2D eigenvalue weighted by molar-refractivity contribution is 0.0560. The summed E-state index contributed by atoms with van der Waals surface area (Å²) in [6.07, 6.45) is 2.46. The minimum Gasteiger partial charge on any atom is -0.463 e. The van der Waals surface area contributed by atoms with E-state index in [1.54, 1.807) is 6.07 Å². The number of ether oxygens (including phenoxy) is 1. The van der Waals surface area contributed by atoms with Gasteiger partial charge in [-0.3, -0.25) is 4.90 Å². The van der Waals surface area contributed by atoms with Crippen molar-refractivity contribution in [2.45, 2.75) is 51.7 Å². The van der Waals surface area contributed by atoms with Gasteiger partial charge in [0.2, 0.25) is 5.76 Å². The smallest absolute Gasteiger partial charge is 0.373 e. The van der Waals surface area contributed by atoms with E-state index in [0.717, 1.165) is 12.3 Å². The van der Waals surface area contributed by atoms with Crippen molar-refractivity contribution in [1.29, 1.82) is 0 Å². The third kappa shape index (κ3) is 4.06. The topological polar surface area (TPSA) is 42.7 Å². The Morgan fingerprint density at radius 2 is 1.88 bits per heavy atom. The van der Waals surface area contributed by atoms with Crippen LogP contribution < -0.4 is 0 Å². The zero-order valence-electron chi connectivity index (χ0n) is 14.6. The highest BCUT2D eigenvalue weighted by Gasteiger charge is 2.29. The third-order valence-corrected chi connectivity index (χ3v) is 4.50. The maximum absolute atomic E-state index is 11.5. The van der Waals surface area contributed by atoms with Crippen LogP contribution in [0.2, 0.25) is 0 Å². The van der Waals surface area contributed by atoms with Gasteiger partial charge in [-0.15, -0.1) is 0 Å². The van der Waals surface area contributed by atoms with Crippen molar-refractivity contribution < 1.29 is 13.9 Å². The molecule has 0 bridgehead atoms. The number of benzene rings is 1. The van der Waals surface area contributed by atoms with Crippen LogP contribution in [-0.2, 0) is 17.8 Å². The number of rotatable bonds is 7. The molecule has 0 N–H and O–H groups in total. The van der Waals surface area contributed by atoms with Gasteiger partial charge in [-0.2, -0.15) is 0 Å². The molecule has 0 unspecified atom stereocenters. The van der Waals surface area contributed by atoms with Crippen LogP contribution in [0.5, 0.6) is 0 Å². The van der Waals surface area contributed by atoms with Gasteiger partial charge >= 0.3 is 5.97 Å². The van der Waals surface area contributed by atoms with Crippen LogP contribution in [0.4, 0.5) is 0 Å². The van der Waals surface area contributed by atoms with Gasteiger partial charge in [0.15, 0.2) is 0 Å². The molecular weight excluding hydrogens is 302 g/mol. The van der Waals surface area contributed by atoms with E-state index in [4.69, 9.17) is 9.15 Å². The van der Waals surface area contributed by atoms with Crippen molar-refractivity contribution >= 4 is 5.97 Å². The largest absolute Gasteiger partial charge is 0.463 e. The summed E-state index contributed by atoms with van der Waals surface area (Å²) in [5.41, 5.74) is 2.68. The van der Waals surface area contributed by atoms with Crippen molar-refractivity contribution in [3.63, 3.8) is 0 Å². The van der Waals surface area contributed by atoms with Gasteiger partial charge in [-0.1, -0.05) is 38.1 Å². The molecule has 4 heteroatoms. The molecule has 0 atom stereocenters. The van der Waals surface area contributed by atoms with Crippen LogP contribution in [0.25, 0.3) is 0 Å². The van der Waals surface area contributed by atoms with Gasteiger partial charge < -0.3 is 9.15 Å². The second-order valence-corrected chi connectivity index (χ2v) is 6.79. The lowest BCUT2D eigenvalue weighted by Gasteiger charge is -2.21. The molecule has 4 nitrogen and oxygen atoms in total. The Kier molecular flexibility index (Phi) is 5.05. The molecule has 1 fully saturated rings. The summed E-state index contributed by atoms with van der Waals surface area (Å²) in [7, 11) is 1.36. The normalized spacial score (nSPS) is 14.4. The van der Waals surface area contributed by atoms with E-state index in [2.05, 4.69) is 43.0 Å². The maximum atomic E-state index is 11.5. The molecule has 1 saturated carbocycles. The molecule has 0 aliphatic heterocycles. The number of carbonyl (C=O) groups excluding carboxylic acids is 1. The minimum atomic E-state index is -0.427. The van der Waals surface area contributed by atoms with Gasteiger partial charge in [0.1, 0.15) is 5.76 Å². The monoisotopic (exact) mass is 327 g/mol. The third-order valence-electron chi connectivity index (χ3n) is 4.50. The number of carbonyl (C=O) groups is 1. The summed E-state index contributed by atoms with van der Waals surface area (Å²) in [4.78, 5) is 13.9. The second kappa shape index (κ2) is 7.22. The number of hydrogen-bond acceptors (Lipinski definition) is 4. The molecule has 3 rings (SSSR count). The fraction of sp³-hybridized carbons (Fsp3) is 0.450. The highest BCUT2D eigenvalue weighted by Crippen LogP contribution is 2.30. The molecule has 24 heavy (non-hydrogen) atoms. The molecule has 0 amide bonds. The molecule has 1 aromatic heterocycles. The van der Waals surface area contributed by atoms with Crippen molar-refractivity contribution in [3.05, 3.63) is 59.0 Å². The SMILES string of the molecule is COC(=O)c1ccc(CN(Cc2ccc(C(C)C)cc2)C2CC2)o1. The van der Waals surface area contributed by atoms with Gasteiger partial charge in [-0.25, -0.2) is 4.79 Å². The predicted octanol–water partition coefficient (Wildman–Crippen LogP) is 4.35. The number of methoxy groups -OCH3 is 1. The molecule has 0 radical (unpaired) electrons. The van der Waals surface area contributed by atoms with Crippen LogP contribution in [0.15, 0.2) is 40.8 Å². The zero-order valence-corrected chi connectivity index (χ0v) is 14.6. The summed E-state index contributed by atoms with van der Waals surface area (Å²) >= 11 is 0. The van der Waals surface area contributed by atoms with E-state index < -0.39 is 5.97 Å². The van der Waals surface area contributed by atoms with Crippen molar-refractivity contribution in [2.24, 2.45) is 0 Å². The summed E-state index contributed by atoms with van der Waals surface area (Å²) in [5.74, 6) is 1.20. The Morgan fingerprint density at radius 1 is 1.17 bits per heavy atom. The molecule has 1 aliphatic carbocycles. The predicted molar refractivity (Wildman–Crippen MR) is 92.8 cm³/mol. The van der Waals surface area contributed by atoms with Gasteiger partial charge in [0.05, 0.1) is 13.7 Å². The lowest BCUT2D eigenvalue weighted by Crippen LogP contribution is -2.24. The Balaban J connectivity index is 1.67. The maximum Gasteiger partial charge on any atom is 0.373 e. The van der Waals surface area contributed by atoms with E-state index in [9.17, 15) is 4.79 Å². The van der Waals surface area contributed by atoms with E-state index in [0.29, 0.717) is 18.5 Å². The molecule has 1 aliphatic rings. The Labute approximate surface area is 143 Å². The molecule has 1 aromatic carbocycles. The van der Waals surface area contributed by atoms with Crippen molar-refractivity contribution in [1.82, 2.24) is 4.90 Å². The molecular formula is C20H25NO3. The number of nitrogens with zero attached hydrogens (tertiary/aromatic N) is 1. The quantitative estimate of drug-likeness (QED) is 0.709. The second-order valence-electron chi connectivity index (χ2n) is 6.79. The fourth-order valence-electron chi connectivity index (χ4n) is 2.87. The fourth-order valence-corrected chi connectivity index (χ4v) is 2.87. The first-order valence-corrected chi connectivity index (χ1v) is 8.56. The molecule has 1 heterocycles. The van der Waals surface area contributed by atoms with E-state index >= 15 is 0 Å². The Morgan fingerprint density at radius 3 is 2.46 bits per heavy atom. The standard InChI is InChI=1S/C20H25NO3/c1-14(2)16-6-4-15(5-7-16)12-21(17-8-9-17)13-18-10-11-19(24-18)20(22)23-3/h4-7,10-11,14,17H,8-9,12-13H2,1-3H3. The van der Waals surface area contributed by atoms with Crippen molar-refractivity contribution in [2.75, 3.05) is 7.11 Å². The van der Waals surface area contributed by atoms with E-state index in [1.807, 2.05) is 6.07 Å². The minimum absolute atomic E-state index is 0.268. The lowest BCUT2D eigenvalue weighted by atomic mass is 10.0. The molecule has 0 saturated heterocycles. The van der Waals surface area contributed by atoms with E-state index in [-0.39, 0.29) is 5.76 Å². The highest BCUT2D eigenvalue weighted by molar-refractivity contribution is 5.86. The van der Waals surface area contributed by atoms with Gasteiger partial charge in [-0.05, 0) is 42.0 Å². The van der Waals surface area contributed by atoms with Gasteiger partial charge in [0.25, 0.3) is 0 Å². The summed E-state index contributed by atoms with van der Waals surface area (Å²) in [6.45, 7) is 6.04. The highest BCUT2D eigenvalue weighted by atomic mass is 16.5. The number of esters is 1. The molecule has 128 valence electrons. The first-order valence-electron chi connectivity index (χ1n) is 8.56. The Bertz CT molecular complexity index is 683. The molecule has 0 spiro atoms. The first kappa shape index (κ1) is 16.8. The van der Waals surface area contributed by atoms with Crippen LogP contribution >= 0.6 is 0 Å². The zero-order chi connectivity index (χ0) is 17.1. The van der Waals surface area contributed by atoms with Crippen LogP contribution in [0.1, 0.15) is 60.0 Å². The van der Waals surface area contributed by atoms with Gasteiger partial charge in [0, 0.05) is 12.6 Å². The number of hydrogen-bond donors (Lipinski definition) is 0. The summed E-state index contributed by atoms with van der Waals surface area (Å²) in [6, 6.07) is 13.0. The first-order chi connectivity index (χ1) is 11.6. The van der Waals surface area contributed by atoms with Crippen molar-refractivity contribution in [3.8, 4) is 0 Å². The van der Waals surface area contributed by atoms with E-state index in [1.165, 1.54) is 31.1 Å². The average Bonchev–Trinajstić information content (AvgIpc) is 3.33. The molecule has 2 aromatic rings. The average molecular weight is 327 g/mol. The van der Waals surface area contributed by atoms with Crippen LogP contribution in [0.3, 0.4) is 0 Å².